The van der Waals surface area contributed by atoms with Crippen molar-refractivity contribution >= 4 is 22.9 Å². The Labute approximate surface area is 89.1 Å². The van der Waals surface area contributed by atoms with Gasteiger partial charge in [-0.3, -0.25) is 0 Å². The minimum atomic E-state index is 0.931. The molecule has 0 unspecified atom stereocenters. The Hall–Kier alpha value is -0.0500. The van der Waals surface area contributed by atoms with E-state index in [1.54, 1.807) is 11.3 Å². The van der Waals surface area contributed by atoms with Gasteiger partial charge in [-0.15, -0.1) is 11.3 Å². The SMILES string of the molecule is CCCNCCCc1sccc1Cl. The Morgan fingerprint density at radius 3 is 2.92 bits per heavy atom. The zero-order valence-corrected chi connectivity index (χ0v) is 9.55. The summed E-state index contributed by atoms with van der Waals surface area (Å²) in [4.78, 5) is 1.32. The number of hydrogen-bond acceptors (Lipinski definition) is 2. The van der Waals surface area contributed by atoms with Gasteiger partial charge in [0, 0.05) is 4.88 Å². The molecular weight excluding hydrogens is 202 g/mol. The normalized spacial score (nSPS) is 10.6. The molecule has 0 aliphatic carbocycles. The summed E-state index contributed by atoms with van der Waals surface area (Å²) in [5.41, 5.74) is 0. The summed E-state index contributed by atoms with van der Waals surface area (Å²) in [5.74, 6) is 0. The summed E-state index contributed by atoms with van der Waals surface area (Å²) in [5, 5.41) is 6.36. The molecule has 3 heteroatoms. The van der Waals surface area contributed by atoms with E-state index in [2.05, 4.69) is 17.6 Å². The van der Waals surface area contributed by atoms with E-state index in [0.29, 0.717) is 0 Å². The van der Waals surface area contributed by atoms with Gasteiger partial charge in [-0.1, -0.05) is 18.5 Å². The molecule has 0 spiro atoms. The second-order valence-corrected chi connectivity index (χ2v) is 4.45. The maximum absolute atomic E-state index is 5.97. The predicted molar refractivity (Wildman–Crippen MR) is 60.8 cm³/mol. The number of aryl methyl sites for hydroxylation is 1. The highest BCUT2D eigenvalue weighted by Crippen LogP contribution is 2.22. The van der Waals surface area contributed by atoms with Crippen molar-refractivity contribution in [2.75, 3.05) is 13.1 Å². The van der Waals surface area contributed by atoms with Crippen LogP contribution in [-0.2, 0) is 6.42 Å². The van der Waals surface area contributed by atoms with E-state index in [1.807, 2.05) is 6.07 Å². The first kappa shape index (κ1) is 11.0. The summed E-state index contributed by atoms with van der Waals surface area (Å²) in [6.07, 6.45) is 3.49. The summed E-state index contributed by atoms with van der Waals surface area (Å²) in [6.45, 7) is 4.41. The van der Waals surface area contributed by atoms with Crippen LogP contribution in [-0.4, -0.2) is 13.1 Å². The van der Waals surface area contributed by atoms with Crippen LogP contribution in [0.5, 0.6) is 0 Å². The van der Waals surface area contributed by atoms with E-state index in [-0.39, 0.29) is 0 Å². The van der Waals surface area contributed by atoms with Gasteiger partial charge in [-0.05, 0) is 43.8 Å². The van der Waals surface area contributed by atoms with E-state index < -0.39 is 0 Å². The van der Waals surface area contributed by atoms with Crippen LogP contribution < -0.4 is 5.32 Å². The average Bonchev–Trinajstić information content (AvgIpc) is 2.52. The largest absolute Gasteiger partial charge is 0.317 e. The minimum absolute atomic E-state index is 0.931. The van der Waals surface area contributed by atoms with Gasteiger partial charge in [0.2, 0.25) is 0 Å². The van der Waals surface area contributed by atoms with Gasteiger partial charge in [0.05, 0.1) is 5.02 Å². The maximum atomic E-state index is 5.97. The van der Waals surface area contributed by atoms with Crippen LogP contribution in [0.3, 0.4) is 0 Å². The number of thiophene rings is 1. The highest BCUT2D eigenvalue weighted by Gasteiger charge is 2.00. The van der Waals surface area contributed by atoms with Crippen LogP contribution in [0.1, 0.15) is 24.6 Å². The Bertz CT molecular complexity index is 235. The molecule has 0 radical (unpaired) electrons. The molecular formula is C10H16ClNS. The minimum Gasteiger partial charge on any atom is -0.317 e. The van der Waals surface area contributed by atoms with Crippen molar-refractivity contribution < 1.29 is 0 Å². The zero-order valence-electron chi connectivity index (χ0n) is 7.98. The maximum Gasteiger partial charge on any atom is 0.0544 e. The van der Waals surface area contributed by atoms with Crippen molar-refractivity contribution in [3.63, 3.8) is 0 Å². The molecule has 0 fully saturated rings. The van der Waals surface area contributed by atoms with Gasteiger partial charge in [-0.2, -0.15) is 0 Å². The molecule has 0 atom stereocenters. The third-order valence-electron chi connectivity index (χ3n) is 1.88. The second-order valence-electron chi connectivity index (χ2n) is 3.05. The predicted octanol–water partition coefficient (Wildman–Crippen LogP) is 3.33. The van der Waals surface area contributed by atoms with E-state index >= 15 is 0 Å². The van der Waals surface area contributed by atoms with Crippen LogP contribution in [0.15, 0.2) is 11.4 Å². The van der Waals surface area contributed by atoms with E-state index in [0.717, 1.165) is 24.5 Å². The summed E-state index contributed by atoms with van der Waals surface area (Å²) in [7, 11) is 0. The first-order chi connectivity index (χ1) is 6.34. The Morgan fingerprint density at radius 1 is 1.46 bits per heavy atom. The van der Waals surface area contributed by atoms with Crippen LogP contribution in [0.2, 0.25) is 5.02 Å². The van der Waals surface area contributed by atoms with Crippen LogP contribution in [0.4, 0.5) is 0 Å². The van der Waals surface area contributed by atoms with E-state index in [4.69, 9.17) is 11.6 Å². The molecule has 13 heavy (non-hydrogen) atoms. The Balaban J connectivity index is 2.10. The number of hydrogen-bond donors (Lipinski definition) is 1. The number of rotatable bonds is 6. The molecule has 0 amide bonds. The molecule has 0 aliphatic heterocycles. The fraction of sp³-hybridized carbons (Fsp3) is 0.600. The monoisotopic (exact) mass is 217 g/mol. The van der Waals surface area contributed by atoms with Gasteiger partial charge in [0.1, 0.15) is 0 Å². The van der Waals surface area contributed by atoms with Gasteiger partial charge in [-0.25, -0.2) is 0 Å². The first-order valence-corrected chi connectivity index (χ1v) is 6.03. The quantitative estimate of drug-likeness (QED) is 0.721. The highest BCUT2D eigenvalue weighted by atomic mass is 35.5. The van der Waals surface area contributed by atoms with Crippen molar-refractivity contribution in [2.24, 2.45) is 0 Å². The molecule has 0 aromatic carbocycles. The number of nitrogens with one attached hydrogen (secondary N) is 1. The van der Waals surface area contributed by atoms with Crippen LogP contribution in [0.25, 0.3) is 0 Å². The summed E-state index contributed by atoms with van der Waals surface area (Å²) < 4.78 is 0. The molecule has 0 saturated carbocycles. The molecule has 0 bridgehead atoms. The lowest BCUT2D eigenvalue weighted by atomic mass is 10.2. The third kappa shape index (κ3) is 4.12. The standard InChI is InChI=1S/C10H16ClNS/c1-2-6-12-7-3-4-10-9(11)5-8-13-10/h5,8,12H,2-4,6-7H2,1H3. The lowest BCUT2D eigenvalue weighted by Gasteiger charge is -2.01. The molecule has 0 saturated heterocycles. The fourth-order valence-corrected chi connectivity index (χ4v) is 2.36. The molecule has 74 valence electrons. The lowest BCUT2D eigenvalue weighted by molar-refractivity contribution is 0.642. The molecule has 1 nitrogen and oxygen atoms in total. The van der Waals surface area contributed by atoms with Crippen LogP contribution in [0, 0.1) is 0 Å². The van der Waals surface area contributed by atoms with Gasteiger partial charge in [0.25, 0.3) is 0 Å². The smallest absolute Gasteiger partial charge is 0.0544 e. The summed E-state index contributed by atoms with van der Waals surface area (Å²) >= 11 is 7.72. The van der Waals surface area contributed by atoms with Gasteiger partial charge < -0.3 is 5.32 Å². The Morgan fingerprint density at radius 2 is 2.31 bits per heavy atom. The molecule has 1 rings (SSSR count). The van der Waals surface area contributed by atoms with Crippen molar-refractivity contribution in [2.45, 2.75) is 26.2 Å². The van der Waals surface area contributed by atoms with Crippen molar-refractivity contribution in [1.82, 2.24) is 5.32 Å². The fourth-order valence-electron chi connectivity index (χ4n) is 1.18. The molecule has 1 heterocycles. The molecule has 1 aromatic rings. The van der Waals surface area contributed by atoms with Gasteiger partial charge in [0.15, 0.2) is 0 Å². The molecule has 1 aromatic heterocycles. The second kappa shape index (κ2) is 6.41. The molecule has 0 aliphatic rings. The topological polar surface area (TPSA) is 12.0 Å². The van der Waals surface area contributed by atoms with E-state index in [9.17, 15) is 0 Å². The summed E-state index contributed by atoms with van der Waals surface area (Å²) in [6, 6.07) is 1.97. The lowest BCUT2D eigenvalue weighted by Crippen LogP contribution is -2.16. The van der Waals surface area contributed by atoms with Gasteiger partial charge >= 0.3 is 0 Å². The molecule has 1 N–H and O–H groups in total. The average molecular weight is 218 g/mol. The first-order valence-electron chi connectivity index (χ1n) is 4.77. The Kier molecular flexibility index (Phi) is 5.44. The van der Waals surface area contributed by atoms with Crippen molar-refractivity contribution in [3.05, 3.63) is 21.3 Å². The van der Waals surface area contributed by atoms with Crippen molar-refractivity contribution in [1.29, 1.82) is 0 Å². The zero-order chi connectivity index (χ0) is 9.52. The highest BCUT2D eigenvalue weighted by molar-refractivity contribution is 7.10. The number of halogens is 1. The third-order valence-corrected chi connectivity index (χ3v) is 3.32. The van der Waals surface area contributed by atoms with E-state index in [1.165, 1.54) is 17.7 Å². The van der Waals surface area contributed by atoms with Crippen molar-refractivity contribution in [3.8, 4) is 0 Å². The van der Waals surface area contributed by atoms with Crippen LogP contribution >= 0.6 is 22.9 Å².